The van der Waals surface area contributed by atoms with Gasteiger partial charge in [0.2, 0.25) is 5.91 Å². The number of nitrogens with one attached hydrogen (secondary N) is 2. The van der Waals surface area contributed by atoms with Crippen molar-refractivity contribution in [3.8, 4) is 0 Å². The lowest BCUT2D eigenvalue weighted by molar-refractivity contribution is -0.115. The predicted molar refractivity (Wildman–Crippen MR) is 140 cm³/mol. The summed E-state index contributed by atoms with van der Waals surface area (Å²) in [6.07, 6.45) is 0. The number of anilines is 2. The Morgan fingerprint density at radius 1 is 0.771 bits per heavy atom. The van der Waals surface area contributed by atoms with E-state index in [1.165, 1.54) is 30.0 Å². The molecule has 0 saturated carbocycles. The molecule has 0 saturated heterocycles. The number of aryl methyl sites for hydroxylation is 1. The number of halogens is 1. The van der Waals surface area contributed by atoms with Crippen LogP contribution in [0.25, 0.3) is 0 Å². The highest BCUT2D eigenvalue weighted by atomic mass is 32.2. The lowest BCUT2D eigenvalue weighted by atomic mass is 10.1. The maximum Gasteiger partial charge on any atom is 0.258 e. The van der Waals surface area contributed by atoms with E-state index in [2.05, 4.69) is 10.6 Å². The van der Waals surface area contributed by atoms with Crippen molar-refractivity contribution >= 4 is 35.0 Å². The third kappa shape index (κ3) is 5.97. The highest BCUT2D eigenvalue weighted by Crippen LogP contribution is 2.37. The van der Waals surface area contributed by atoms with Crippen LogP contribution in [0.2, 0.25) is 0 Å². The fraction of sp³-hybridized carbons (Fsp3) is 0.103. The fourth-order valence-corrected chi connectivity index (χ4v) is 4.61. The van der Waals surface area contributed by atoms with Crippen molar-refractivity contribution in [2.24, 2.45) is 0 Å². The molecule has 0 fully saturated rings. The Labute approximate surface area is 208 Å². The summed E-state index contributed by atoms with van der Waals surface area (Å²) in [4.78, 5) is 26.6. The zero-order valence-electron chi connectivity index (χ0n) is 19.4. The number of rotatable bonds is 7. The van der Waals surface area contributed by atoms with E-state index in [-0.39, 0.29) is 11.5 Å². The highest BCUT2D eigenvalue weighted by Gasteiger charge is 2.23. The van der Waals surface area contributed by atoms with Gasteiger partial charge in [0.1, 0.15) is 11.1 Å². The first-order chi connectivity index (χ1) is 16.9. The van der Waals surface area contributed by atoms with Crippen LogP contribution in [-0.4, -0.2) is 11.8 Å². The summed E-state index contributed by atoms with van der Waals surface area (Å²) in [5.41, 5.74) is 4.35. The number of carbonyl (C=O) groups is 2. The SMILES string of the molecule is Cc1cccc(NC(=O)C(Sc2ccc(NC(=O)c3ccccc3F)cc2)c2ccccc2)c1C. The van der Waals surface area contributed by atoms with Crippen molar-refractivity contribution in [2.75, 3.05) is 10.6 Å². The van der Waals surface area contributed by atoms with E-state index in [0.29, 0.717) is 5.69 Å². The van der Waals surface area contributed by atoms with Crippen molar-refractivity contribution in [1.82, 2.24) is 0 Å². The van der Waals surface area contributed by atoms with Gasteiger partial charge in [0.15, 0.2) is 0 Å². The molecule has 0 aliphatic heterocycles. The van der Waals surface area contributed by atoms with E-state index in [4.69, 9.17) is 0 Å². The molecule has 0 radical (unpaired) electrons. The largest absolute Gasteiger partial charge is 0.325 e. The summed E-state index contributed by atoms with van der Waals surface area (Å²) < 4.78 is 13.9. The second-order valence-corrected chi connectivity index (χ2v) is 9.28. The molecule has 0 spiro atoms. The van der Waals surface area contributed by atoms with Gasteiger partial charge in [-0.1, -0.05) is 54.6 Å². The van der Waals surface area contributed by atoms with Crippen LogP contribution in [0.5, 0.6) is 0 Å². The average molecular weight is 485 g/mol. The predicted octanol–water partition coefficient (Wildman–Crippen LogP) is 7.17. The second-order valence-electron chi connectivity index (χ2n) is 8.10. The van der Waals surface area contributed by atoms with Gasteiger partial charge in [-0.2, -0.15) is 0 Å². The number of thioether (sulfide) groups is 1. The molecular formula is C29H25FN2O2S. The van der Waals surface area contributed by atoms with Crippen LogP contribution in [0.15, 0.2) is 102 Å². The highest BCUT2D eigenvalue weighted by molar-refractivity contribution is 8.00. The maximum atomic E-state index is 13.9. The molecule has 4 nitrogen and oxygen atoms in total. The van der Waals surface area contributed by atoms with Crippen LogP contribution >= 0.6 is 11.8 Å². The third-order valence-electron chi connectivity index (χ3n) is 5.69. The number of amides is 2. The molecule has 2 amide bonds. The molecule has 4 rings (SSSR count). The molecule has 176 valence electrons. The molecule has 0 aliphatic carbocycles. The molecule has 0 heterocycles. The van der Waals surface area contributed by atoms with Crippen LogP contribution in [0, 0.1) is 19.7 Å². The first-order valence-electron chi connectivity index (χ1n) is 11.2. The lowest BCUT2D eigenvalue weighted by Crippen LogP contribution is -2.19. The summed E-state index contributed by atoms with van der Waals surface area (Å²) in [6.45, 7) is 4.00. The van der Waals surface area contributed by atoms with Gasteiger partial charge in [0, 0.05) is 16.3 Å². The Balaban J connectivity index is 1.51. The van der Waals surface area contributed by atoms with Crippen molar-refractivity contribution < 1.29 is 14.0 Å². The molecule has 2 N–H and O–H groups in total. The van der Waals surface area contributed by atoms with Gasteiger partial charge in [-0.05, 0) is 73.0 Å². The van der Waals surface area contributed by atoms with Crippen LogP contribution in [0.3, 0.4) is 0 Å². The topological polar surface area (TPSA) is 58.2 Å². The second kappa shape index (κ2) is 11.0. The van der Waals surface area contributed by atoms with Gasteiger partial charge < -0.3 is 10.6 Å². The minimum absolute atomic E-state index is 0.0155. The van der Waals surface area contributed by atoms with Crippen molar-refractivity contribution in [3.05, 3.63) is 125 Å². The van der Waals surface area contributed by atoms with Crippen molar-refractivity contribution in [2.45, 2.75) is 24.0 Å². The first-order valence-corrected chi connectivity index (χ1v) is 12.0. The summed E-state index contributed by atoms with van der Waals surface area (Å²) in [5, 5.41) is 5.31. The van der Waals surface area contributed by atoms with Crippen LogP contribution in [-0.2, 0) is 4.79 Å². The third-order valence-corrected chi connectivity index (χ3v) is 6.95. The van der Waals surface area contributed by atoms with E-state index in [9.17, 15) is 14.0 Å². The summed E-state index contributed by atoms with van der Waals surface area (Å²) in [5.74, 6) is -1.21. The van der Waals surface area contributed by atoms with Crippen LogP contribution < -0.4 is 10.6 Å². The van der Waals surface area contributed by atoms with Crippen molar-refractivity contribution in [3.63, 3.8) is 0 Å². The molecule has 1 atom stereocenters. The van der Waals surface area contributed by atoms with E-state index in [1.807, 2.05) is 74.5 Å². The van der Waals surface area contributed by atoms with E-state index >= 15 is 0 Å². The Kier molecular flexibility index (Phi) is 7.63. The number of benzene rings is 4. The standard InChI is InChI=1S/C29H25FN2O2S/c1-19-9-8-14-26(20(19)2)32-29(34)27(21-10-4-3-5-11-21)35-23-17-15-22(16-18-23)31-28(33)24-12-6-7-13-25(24)30/h3-18,27H,1-2H3,(H,31,33)(H,32,34). The van der Waals surface area contributed by atoms with Crippen molar-refractivity contribution in [1.29, 1.82) is 0 Å². The number of carbonyl (C=O) groups excluding carboxylic acids is 2. The van der Waals surface area contributed by atoms with Crippen LogP contribution in [0.4, 0.5) is 15.8 Å². The summed E-state index contributed by atoms with van der Waals surface area (Å²) in [7, 11) is 0. The molecule has 35 heavy (non-hydrogen) atoms. The van der Waals surface area contributed by atoms with Gasteiger partial charge in [0.05, 0.1) is 5.56 Å². The van der Waals surface area contributed by atoms with Gasteiger partial charge in [-0.25, -0.2) is 4.39 Å². The lowest BCUT2D eigenvalue weighted by Gasteiger charge is -2.19. The molecule has 1 unspecified atom stereocenters. The van der Waals surface area contributed by atoms with Gasteiger partial charge >= 0.3 is 0 Å². The summed E-state index contributed by atoms with van der Waals surface area (Å²) in [6, 6.07) is 28.5. The molecule has 4 aromatic rings. The molecule has 6 heteroatoms. The first kappa shape index (κ1) is 24.2. The molecule has 0 aliphatic rings. The van der Waals surface area contributed by atoms with E-state index < -0.39 is 17.0 Å². The quantitative estimate of drug-likeness (QED) is 0.274. The smallest absolute Gasteiger partial charge is 0.258 e. The number of hydrogen-bond donors (Lipinski definition) is 2. The Hall–Kier alpha value is -3.90. The molecular weight excluding hydrogens is 459 g/mol. The van der Waals surface area contributed by atoms with Gasteiger partial charge in [-0.15, -0.1) is 11.8 Å². The Bertz CT molecular complexity index is 1340. The Morgan fingerprint density at radius 2 is 1.46 bits per heavy atom. The van der Waals surface area contributed by atoms with E-state index in [1.54, 1.807) is 18.2 Å². The minimum Gasteiger partial charge on any atom is -0.325 e. The monoisotopic (exact) mass is 484 g/mol. The zero-order chi connectivity index (χ0) is 24.8. The van der Waals surface area contributed by atoms with Gasteiger partial charge in [0.25, 0.3) is 5.91 Å². The number of hydrogen-bond acceptors (Lipinski definition) is 3. The normalized spacial score (nSPS) is 11.5. The molecule has 4 aromatic carbocycles. The zero-order valence-corrected chi connectivity index (χ0v) is 20.2. The summed E-state index contributed by atoms with van der Waals surface area (Å²) >= 11 is 1.42. The average Bonchev–Trinajstić information content (AvgIpc) is 2.87. The minimum atomic E-state index is -0.572. The van der Waals surface area contributed by atoms with Gasteiger partial charge in [-0.3, -0.25) is 9.59 Å². The maximum absolute atomic E-state index is 13.9. The Morgan fingerprint density at radius 3 is 2.17 bits per heavy atom. The van der Waals surface area contributed by atoms with Crippen LogP contribution in [0.1, 0.15) is 32.3 Å². The fourth-order valence-electron chi connectivity index (χ4n) is 3.58. The van der Waals surface area contributed by atoms with E-state index in [0.717, 1.165) is 27.3 Å². The molecule has 0 bridgehead atoms. The molecule has 0 aromatic heterocycles.